The number of anilines is 1. The van der Waals surface area contributed by atoms with Gasteiger partial charge in [0.25, 0.3) is 0 Å². The van der Waals surface area contributed by atoms with Crippen LogP contribution >= 0.6 is 15.9 Å². The van der Waals surface area contributed by atoms with Crippen LogP contribution < -0.4 is 4.90 Å². The number of nitriles is 1. The second-order valence-corrected chi connectivity index (χ2v) is 7.22. The molecule has 0 radical (unpaired) electrons. The standard InChI is InChI=1S/C18H11BrF6N6/c19-12-3-11(6-27-7-12)16-28-15(29-30-16)8-31(9-17(20,21)22)13-2-1-10(5-26)14(4-13)18(23,24)25/h1-4,6-7H,8-9H2,(H,28,29,30). The zero-order chi connectivity index (χ0) is 22.8. The van der Waals surface area contributed by atoms with Crippen molar-refractivity contribution in [2.45, 2.75) is 18.9 Å². The van der Waals surface area contributed by atoms with Crippen LogP contribution in [0.2, 0.25) is 0 Å². The summed E-state index contributed by atoms with van der Waals surface area (Å²) in [6.07, 6.45) is -6.64. The van der Waals surface area contributed by atoms with Gasteiger partial charge < -0.3 is 4.90 Å². The Bertz CT molecular complexity index is 1120. The molecule has 0 fully saturated rings. The molecule has 3 aromatic rings. The van der Waals surface area contributed by atoms with Crippen LogP contribution in [0.3, 0.4) is 0 Å². The highest BCUT2D eigenvalue weighted by Gasteiger charge is 2.36. The van der Waals surface area contributed by atoms with E-state index in [1.54, 1.807) is 6.07 Å². The van der Waals surface area contributed by atoms with E-state index in [0.717, 1.165) is 12.1 Å². The minimum Gasteiger partial charge on any atom is -0.355 e. The maximum atomic E-state index is 13.2. The Morgan fingerprint density at radius 3 is 2.45 bits per heavy atom. The van der Waals surface area contributed by atoms with Gasteiger partial charge in [-0.3, -0.25) is 10.1 Å². The third-order valence-electron chi connectivity index (χ3n) is 4.00. The Morgan fingerprint density at radius 1 is 1.10 bits per heavy atom. The Hall–Kier alpha value is -3.14. The first-order valence-corrected chi connectivity index (χ1v) is 9.21. The Labute approximate surface area is 179 Å². The maximum absolute atomic E-state index is 13.2. The number of aromatic amines is 1. The molecule has 0 aliphatic carbocycles. The average molecular weight is 505 g/mol. The molecule has 31 heavy (non-hydrogen) atoms. The van der Waals surface area contributed by atoms with E-state index in [1.165, 1.54) is 18.5 Å². The molecule has 0 saturated carbocycles. The number of nitrogens with one attached hydrogen (secondary N) is 1. The maximum Gasteiger partial charge on any atom is 0.417 e. The van der Waals surface area contributed by atoms with Crippen molar-refractivity contribution in [2.75, 3.05) is 11.4 Å². The predicted octanol–water partition coefficient (Wildman–Crippen LogP) is 5.09. The monoisotopic (exact) mass is 504 g/mol. The third kappa shape index (κ3) is 5.72. The first kappa shape index (κ1) is 22.5. The van der Waals surface area contributed by atoms with Gasteiger partial charge in [-0.05, 0) is 40.2 Å². The molecule has 6 nitrogen and oxygen atoms in total. The van der Waals surface area contributed by atoms with Crippen LogP contribution in [-0.2, 0) is 12.7 Å². The van der Waals surface area contributed by atoms with E-state index >= 15 is 0 Å². The van der Waals surface area contributed by atoms with Crippen LogP contribution in [0.25, 0.3) is 11.4 Å². The summed E-state index contributed by atoms with van der Waals surface area (Å²) in [5, 5.41) is 15.3. The fraction of sp³-hybridized carbons (Fsp3) is 0.222. The van der Waals surface area contributed by atoms with Crippen molar-refractivity contribution >= 4 is 21.6 Å². The highest BCUT2D eigenvalue weighted by Crippen LogP contribution is 2.35. The van der Waals surface area contributed by atoms with Gasteiger partial charge in [-0.25, -0.2) is 4.98 Å². The van der Waals surface area contributed by atoms with Crippen LogP contribution in [-0.4, -0.2) is 32.9 Å². The lowest BCUT2D eigenvalue weighted by molar-refractivity contribution is -0.137. The van der Waals surface area contributed by atoms with Gasteiger partial charge in [0, 0.05) is 28.1 Å². The normalized spacial score (nSPS) is 11.9. The van der Waals surface area contributed by atoms with Gasteiger partial charge in [-0.2, -0.15) is 36.7 Å². The van der Waals surface area contributed by atoms with Crippen molar-refractivity contribution in [3.63, 3.8) is 0 Å². The largest absolute Gasteiger partial charge is 0.417 e. The SMILES string of the molecule is N#Cc1ccc(N(Cc2nc(-c3cncc(Br)c3)n[nH]2)CC(F)(F)F)cc1C(F)(F)F. The lowest BCUT2D eigenvalue weighted by Gasteiger charge is -2.26. The van der Waals surface area contributed by atoms with Crippen molar-refractivity contribution < 1.29 is 26.3 Å². The first-order valence-electron chi connectivity index (χ1n) is 8.41. The van der Waals surface area contributed by atoms with Gasteiger partial charge in [0.05, 0.1) is 23.7 Å². The fourth-order valence-electron chi connectivity index (χ4n) is 2.73. The molecule has 0 amide bonds. The van der Waals surface area contributed by atoms with Gasteiger partial charge in [-0.15, -0.1) is 0 Å². The number of halogens is 7. The van der Waals surface area contributed by atoms with Gasteiger partial charge >= 0.3 is 12.4 Å². The molecule has 0 saturated heterocycles. The van der Waals surface area contributed by atoms with E-state index < -0.39 is 36.6 Å². The zero-order valence-electron chi connectivity index (χ0n) is 15.3. The first-order chi connectivity index (χ1) is 14.5. The molecular weight excluding hydrogens is 494 g/mol. The lowest BCUT2D eigenvalue weighted by atomic mass is 10.1. The zero-order valence-corrected chi connectivity index (χ0v) is 16.8. The van der Waals surface area contributed by atoms with Crippen LogP contribution in [0.5, 0.6) is 0 Å². The summed E-state index contributed by atoms with van der Waals surface area (Å²) in [6, 6.07) is 5.41. The molecule has 1 N–H and O–H groups in total. The van der Waals surface area contributed by atoms with E-state index in [9.17, 15) is 26.3 Å². The second kappa shape index (κ2) is 8.54. The number of hydrogen-bond acceptors (Lipinski definition) is 5. The summed E-state index contributed by atoms with van der Waals surface area (Å²) in [5.74, 6) is 0.156. The molecule has 162 valence electrons. The fourth-order valence-corrected chi connectivity index (χ4v) is 3.09. The van der Waals surface area contributed by atoms with Crippen molar-refractivity contribution in [2.24, 2.45) is 0 Å². The van der Waals surface area contributed by atoms with E-state index in [1.807, 2.05) is 0 Å². The third-order valence-corrected chi connectivity index (χ3v) is 4.43. The van der Waals surface area contributed by atoms with Crippen molar-refractivity contribution in [1.29, 1.82) is 5.26 Å². The second-order valence-electron chi connectivity index (χ2n) is 6.31. The minimum absolute atomic E-state index is 0.00264. The van der Waals surface area contributed by atoms with E-state index in [-0.39, 0.29) is 17.3 Å². The molecule has 2 aromatic heterocycles. The summed E-state index contributed by atoms with van der Waals surface area (Å²) in [5.41, 5.74) is -1.90. The average Bonchev–Trinajstić information content (AvgIpc) is 3.14. The smallest absolute Gasteiger partial charge is 0.355 e. The number of rotatable bonds is 5. The lowest BCUT2D eigenvalue weighted by Crippen LogP contribution is -2.34. The summed E-state index contributed by atoms with van der Waals surface area (Å²) in [4.78, 5) is 8.72. The molecule has 0 atom stereocenters. The van der Waals surface area contributed by atoms with E-state index in [2.05, 4.69) is 36.1 Å². The Balaban J connectivity index is 1.95. The summed E-state index contributed by atoms with van der Waals surface area (Å²) in [7, 11) is 0. The molecule has 1 aromatic carbocycles. The molecule has 0 bridgehead atoms. The van der Waals surface area contributed by atoms with Crippen molar-refractivity contribution in [3.05, 3.63) is 58.1 Å². The van der Waals surface area contributed by atoms with E-state index in [4.69, 9.17) is 5.26 Å². The molecule has 3 rings (SSSR count). The summed E-state index contributed by atoms with van der Waals surface area (Å²) < 4.78 is 79.7. The molecule has 0 spiro atoms. The number of aromatic nitrogens is 4. The van der Waals surface area contributed by atoms with Crippen molar-refractivity contribution in [1.82, 2.24) is 20.2 Å². The molecule has 2 heterocycles. The number of hydrogen-bond donors (Lipinski definition) is 1. The van der Waals surface area contributed by atoms with Crippen LogP contribution in [0, 0.1) is 11.3 Å². The molecule has 0 aliphatic rings. The number of benzene rings is 1. The highest BCUT2D eigenvalue weighted by atomic mass is 79.9. The number of H-pyrrole nitrogens is 1. The molecular formula is C18H11BrF6N6. The molecule has 13 heteroatoms. The number of nitrogens with zero attached hydrogens (tertiary/aromatic N) is 5. The molecule has 0 unspecified atom stereocenters. The number of pyridine rings is 1. The van der Waals surface area contributed by atoms with Crippen LogP contribution in [0.15, 0.2) is 41.1 Å². The topological polar surface area (TPSA) is 81.5 Å². The highest BCUT2D eigenvalue weighted by molar-refractivity contribution is 9.10. The van der Waals surface area contributed by atoms with Gasteiger partial charge in [0.2, 0.25) is 0 Å². The van der Waals surface area contributed by atoms with Gasteiger partial charge in [0.1, 0.15) is 12.4 Å². The van der Waals surface area contributed by atoms with Crippen molar-refractivity contribution in [3.8, 4) is 17.5 Å². The van der Waals surface area contributed by atoms with Crippen LogP contribution in [0.1, 0.15) is 17.0 Å². The Kier molecular flexibility index (Phi) is 6.21. The summed E-state index contributed by atoms with van der Waals surface area (Å²) in [6.45, 7) is -2.04. The Morgan fingerprint density at radius 2 is 1.84 bits per heavy atom. The quantitative estimate of drug-likeness (QED) is 0.489. The minimum atomic E-state index is -4.90. The van der Waals surface area contributed by atoms with E-state index in [0.29, 0.717) is 21.0 Å². The van der Waals surface area contributed by atoms with Crippen LogP contribution in [0.4, 0.5) is 32.0 Å². The summed E-state index contributed by atoms with van der Waals surface area (Å²) >= 11 is 3.23. The molecule has 0 aliphatic heterocycles. The number of alkyl halides is 6. The van der Waals surface area contributed by atoms with Gasteiger partial charge in [0.15, 0.2) is 5.82 Å². The van der Waals surface area contributed by atoms with Gasteiger partial charge in [-0.1, -0.05) is 0 Å². The predicted molar refractivity (Wildman–Crippen MR) is 101 cm³/mol.